The first-order valence-corrected chi connectivity index (χ1v) is 7.51. The van der Waals surface area contributed by atoms with Crippen LogP contribution in [0.5, 0.6) is 0 Å². The fourth-order valence-electron chi connectivity index (χ4n) is 2.03. The predicted octanol–water partition coefficient (Wildman–Crippen LogP) is 4.01. The normalized spacial score (nSPS) is 9.91. The van der Waals surface area contributed by atoms with Crippen LogP contribution in [0.4, 0.5) is 5.69 Å². The van der Waals surface area contributed by atoms with Crippen molar-refractivity contribution >= 4 is 29.0 Å². The van der Waals surface area contributed by atoms with Crippen LogP contribution in [-0.2, 0) is 11.2 Å². The molecule has 0 heterocycles. The van der Waals surface area contributed by atoms with Gasteiger partial charge in [-0.1, -0.05) is 23.7 Å². The molecule has 0 aliphatic heterocycles. The Morgan fingerprint density at radius 3 is 2.26 bits per heavy atom. The lowest BCUT2D eigenvalue weighted by atomic mass is 10.1. The SMILES string of the molecule is N#CCc1ccc(NC(=O)CCC(=O)c2ccc(Cl)cc2)cc1. The number of ketones is 1. The van der Waals surface area contributed by atoms with Gasteiger partial charge >= 0.3 is 0 Å². The third-order valence-electron chi connectivity index (χ3n) is 3.27. The molecule has 4 nitrogen and oxygen atoms in total. The average molecular weight is 327 g/mol. The second-order valence-corrected chi connectivity index (χ2v) is 5.45. The Kier molecular flexibility index (Phi) is 5.90. The highest BCUT2D eigenvalue weighted by atomic mass is 35.5. The number of halogens is 1. The first-order valence-electron chi connectivity index (χ1n) is 7.13. The molecule has 23 heavy (non-hydrogen) atoms. The van der Waals surface area contributed by atoms with Crippen molar-refractivity contribution in [2.45, 2.75) is 19.3 Å². The Labute approximate surface area is 139 Å². The van der Waals surface area contributed by atoms with Gasteiger partial charge in [-0.25, -0.2) is 0 Å². The van der Waals surface area contributed by atoms with Gasteiger partial charge in [-0.2, -0.15) is 5.26 Å². The molecule has 2 rings (SSSR count). The summed E-state index contributed by atoms with van der Waals surface area (Å²) in [5.74, 6) is -0.318. The van der Waals surface area contributed by atoms with Gasteiger partial charge in [0.05, 0.1) is 12.5 Å². The molecular formula is C18H15ClN2O2. The van der Waals surface area contributed by atoms with Crippen molar-refractivity contribution in [3.8, 4) is 6.07 Å². The zero-order chi connectivity index (χ0) is 16.7. The van der Waals surface area contributed by atoms with Gasteiger partial charge in [-0.3, -0.25) is 9.59 Å². The Balaban J connectivity index is 1.84. The number of carbonyl (C=O) groups is 2. The van der Waals surface area contributed by atoms with Crippen LogP contribution < -0.4 is 5.32 Å². The number of benzene rings is 2. The lowest BCUT2D eigenvalue weighted by molar-refractivity contribution is -0.116. The monoisotopic (exact) mass is 326 g/mol. The number of amides is 1. The van der Waals surface area contributed by atoms with E-state index in [0.29, 0.717) is 22.7 Å². The molecular weight excluding hydrogens is 312 g/mol. The number of anilines is 1. The highest BCUT2D eigenvalue weighted by Gasteiger charge is 2.09. The number of rotatable bonds is 6. The zero-order valence-corrected chi connectivity index (χ0v) is 13.1. The molecule has 116 valence electrons. The molecule has 0 bridgehead atoms. The molecule has 1 amide bonds. The summed E-state index contributed by atoms with van der Waals surface area (Å²) in [5.41, 5.74) is 2.09. The number of Topliss-reactive ketones (excluding diaryl/α,β-unsaturated/α-hetero) is 1. The van der Waals surface area contributed by atoms with Crippen LogP contribution in [0.3, 0.4) is 0 Å². The van der Waals surface area contributed by atoms with Gasteiger partial charge in [-0.05, 0) is 42.0 Å². The van der Waals surface area contributed by atoms with Crippen molar-refractivity contribution in [3.05, 3.63) is 64.7 Å². The minimum Gasteiger partial charge on any atom is -0.326 e. The summed E-state index contributed by atoms with van der Waals surface area (Å²) in [6, 6.07) is 15.7. The Hall–Kier alpha value is -2.64. The van der Waals surface area contributed by atoms with Gasteiger partial charge in [-0.15, -0.1) is 0 Å². The Bertz CT molecular complexity index is 731. The number of carbonyl (C=O) groups excluding carboxylic acids is 2. The highest BCUT2D eigenvalue weighted by molar-refractivity contribution is 6.30. The van der Waals surface area contributed by atoms with E-state index < -0.39 is 0 Å². The minimum absolute atomic E-state index is 0.0961. The van der Waals surface area contributed by atoms with E-state index in [1.54, 1.807) is 48.5 Å². The molecule has 0 radical (unpaired) electrons. The molecule has 2 aromatic rings. The largest absolute Gasteiger partial charge is 0.326 e. The summed E-state index contributed by atoms with van der Waals surface area (Å²) >= 11 is 5.77. The lowest BCUT2D eigenvalue weighted by Crippen LogP contribution is -2.13. The van der Waals surface area contributed by atoms with Crippen LogP contribution in [0.1, 0.15) is 28.8 Å². The van der Waals surface area contributed by atoms with E-state index in [1.807, 2.05) is 0 Å². The molecule has 1 N–H and O–H groups in total. The molecule has 0 aliphatic rings. The third-order valence-corrected chi connectivity index (χ3v) is 3.52. The summed E-state index contributed by atoms with van der Waals surface area (Å²) in [7, 11) is 0. The number of hydrogen-bond acceptors (Lipinski definition) is 3. The number of nitrogens with one attached hydrogen (secondary N) is 1. The van der Waals surface area contributed by atoms with E-state index >= 15 is 0 Å². The van der Waals surface area contributed by atoms with Crippen LogP contribution in [0, 0.1) is 11.3 Å². The topological polar surface area (TPSA) is 70.0 Å². The first kappa shape index (κ1) is 16.7. The molecule has 0 fully saturated rings. The summed E-state index contributed by atoms with van der Waals surface area (Å²) in [6.07, 6.45) is 0.589. The maximum absolute atomic E-state index is 12.0. The van der Waals surface area contributed by atoms with Crippen LogP contribution in [0.2, 0.25) is 5.02 Å². The van der Waals surface area contributed by atoms with E-state index in [4.69, 9.17) is 16.9 Å². The van der Waals surface area contributed by atoms with Crippen molar-refractivity contribution < 1.29 is 9.59 Å². The second kappa shape index (κ2) is 8.11. The van der Waals surface area contributed by atoms with E-state index in [0.717, 1.165) is 5.56 Å². The molecule has 5 heteroatoms. The summed E-state index contributed by atoms with van der Waals surface area (Å²) in [4.78, 5) is 23.9. The number of nitriles is 1. The van der Waals surface area contributed by atoms with Gasteiger partial charge in [0.1, 0.15) is 0 Å². The van der Waals surface area contributed by atoms with Crippen LogP contribution in [0.25, 0.3) is 0 Å². The van der Waals surface area contributed by atoms with E-state index in [-0.39, 0.29) is 24.5 Å². The fourth-order valence-corrected chi connectivity index (χ4v) is 2.15. The van der Waals surface area contributed by atoms with E-state index in [9.17, 15) is 9.59 Å². The van der Waals surface area contributed by atoms with Gasteiger partial charge in [0.25, 0.3) is 0 Å². The number of hydrogen-bond donors (Lipinski definition) is 1. The molecule has 0 saturated carbocycles. The standard InChI is InChI=1S/C18H15ClN2O2/c19-15-5-3-14(4-6-15)17(22)9-10-18(23)21-16-7-1-13(2-8-16)11-12-20/h1-8H,9-11H2,(H,21,23). The Morgan fingerprint density at radius 1 is 1.00 bits per heavy atom. The van der Waals surface area contributed by atoms with E-state index in [1.165, 1.54) is 0 Å². The van der Waals surface area contributed by atoms with Crippen LogP contribution >= 0.6 is 11.6 Å². The molecule has 0 spiro atoms. The molecule has 0 aromatic heterocycles. The maximum atomic E-state index is 12.0. The van der Waals surface area contributed by atoms with Crippen molar-refractivity contribution in [2.75, 3.05) is 5.32 Å². The minimum atomic E-state index is -0.222. The van der Waals surface area contributed by atoms with Gasteiger partial charge in [0.2, 0.25) is 5.91 Å². The average Bonchev–Trinajstić information content (AvgIpc) is 2.55. The second-order valence-electron chi connectivity index (χ2n) is 5.01. The smallest absolute Gasteiger partial charge is 0.224 e. The first-order chi connectivity index (χ1) is 11.1. The quantitative estimate of drug-likeness (QED) is 0.815. The summed E-state index contributed by atoms with van der Waals surface area (Å²) < 4.78 is 0. The third kappa shape index (κ3) is 5.24. The van der Waals surface area contributed by atoms with E-state index in [2.05, 4.69) is 11.4 Å². The molecule has 0 atom stereocenters. The van der Waals surface area contributed by atoms with Gasteiger partial charge < -0.3 is 5.32 Å². The van der Waals surface area contributed by atoms with Gasteiger partial charge in [0, 0.05) is 29.1 Å². The lowest BCUT2D eigenvalue weighted by Gasteiger charge is -2.06. The van der Waals surface area contributed by atoms with Crippen LogP contribution in [-0.4, -0.2) is 11.7 Å². The Morgan fingerprint density at radius 2 is 1.65 bits per heavy atom. The molecule has 0 aliphatic carbocycles. The summed E-state index contributed by atoms with van der Waals surface area (Å²) in [6.45, 7) is 0. The molecule has 0 unspecified atom stereocenters. The number of nitrogens with zero attached hydrogens (tertiary/aromatic N) is 1. The summed E-state index contributed by atoms with van der Waals surface area (Å²) in [5, 5.41) is 11.9. The van der Waals surface area contributed by atoms with Crippen molar-refractivity contribution in [3.63, 3.8) is 0 Å². The fraction of sp³-hybridized carbons (Fsp3) is 0.167. The maximum Gasteiger partial charge on any atom is 0.224 e. The van der Waals surface area contributed by atoms with Crippen molar-refractivity contribution in [1.29, 1.82) is 5.26 Å². The molecule has 2 aromatic carbocycles. The van der Waals surface area contributed by atoms with Gasteiger partial charge in [0.15, 0.2) is 5.78 Å². The van der Waals surface area contributed by atoms with Crippen molar-refractivity contribution in [1.82, 2.24) is 0 Å². The predicted molar refractivity (Wildman–Crippen MR) is 89.4 cm³/mol. The zero-order valence-electron chi connectivity index (χ0n) is 12.4. The van der Waals surface area contributed by atoms with Crippen molar-refractivity contribution in [2.24, 2.45) is 0 Å². The highest BCUT2D eigenvalue weighted by Crippen LogP contribution is 2.13. The molecule has 0 saturated heterocycles. The van der Waals surface area contributed by atoms with Crippen LogP contribution in [0.15, 0.2) is 48.5 Å².